The molecule has 0 unspecified atom stereocenters. The fraction of sp³-hybridized carbons (Fsp3) is 0.188. The van der Waals surface area contributed by atoms with E-state index < -0.39 is 0 Å². The number of ether oxygens (including phenoxy) is 1. The highest BCUT2D eigenvalue weighted by Gasteiger charge is 2.08. The van der Waals surface area contributed by atoms with Gasteiger partial charge in [0.05, 0.1) is 11.6 Å². The van der Waals surface area contributed by atoms with Gasteiger partial charge in [0.1, 0.15) is 11.5 Å². The first-order valence-electron chi connectivity index (χ1n) is 6.63. The second-order valence-corrected chi connectivity index (χ2v) is 4.90. The maximum Gasteiger partial charge on any atom is 0.255 e. The average molecular weight is 306 g/mol. The van der Waals surface area contributed by atoms with Gasteiger partial charge in [-0.1, -0.05) is 18.5 Å². The lowest BCUT2D eigenvalue weighted by Crippen LogP contribution is -2.11. The molecular formula is C16H16ClNO3. The zero-order chi connectivity index (χ0) is 15.2. The predicted octanol–water partition coefficient (Wildman–Crippen LogP) is 4.09. The van der Waals surface area contributed by atoms with Crippen molar-refractivity contribution < 1.29 is 14.6 Å². The highest BCUT2D eigenvalue weighted by molar-refractivity contribution is 6.32. The summed E-state index contributed by atoms with van der Waals surface area (Å²) in [5.41, 5.74) is 1.04. The molecule has 0 spiro atoms. The quantitative estimate of drug-likeness (QED) is 0.875. The molecule has 0 fully saturated rings. The summed E-state index contributed by atoms with van der Waals surface area (Å²) in [6, 6.07) is 11.5. The number of benzene rings is 2. The Bertz CT molecular complexity index is 626. The number of carbonyl (C=O) groups excluding carboxylic acids is 1. The lowest BCUT2D eigenvalue weighted by Gasteiger charge is -2.08. The summed E-state index contributed by atoms with van der Waals surface area (Å²) < 4.78 is 5.47. The van der Waals surface area contributed by atoms with Crippen molar-refractivity contribution in [2.45, 2.75) is 13.3 Å². The molecule has 2 aromatic rings. The standard InChI is InChI=1S/C16H16ClNO3/c1-2-9-21-13-6-4-12(5-7-13)18-16(20)11-3-8-15(19)14(17)10-11/h3-8,10,19H,2,9H2,1H3,(H,18,20). The number of phenols is 1. The van der Waals surface area contributed by atoms with E-state index in [0.717, 1.165) is 12.2 Å². The second kappa shape index (κ2) is 6.99. The minimum Gasteiger partial charge on any atom is -0.506 e. The van der Waals surface area contributed by atoms with Crippen molar-refractivity contribution in [2.75, 3.05) is 11.9 Å². The fourth-order valence-corrected chi connectivity index (χ4v) is 1.89. The number of hydrogen-bond donors (Lipinski definition) is 2. The summed E-state index contributed by atoms with van der Waals surface area (Å²) in [7, 11) is 0. The van der Waals surface area contributed by atoms with Gasteiger partial charge in [-0.25, -0.2) is 0 Å². The first kappa shape index (κ1) is 15.2. The van der Waals surface area contributed by atoms with E-state index in [2.05, 4.69) is 5.32 Å². The summed E-state index contributed by atoms with van der Waals surface area (Å²) in [6.07, 6.45) is 0.945. The molecule has 0 saturated heterocycles. The van der Waals surface area contributed by atoms with Crippen LogP contribution in [0.4, 0.5) is 5.69 Å². The van der Waals surface area contributed by atoms with Gasteiger partial charge in [0.25, 0.3) is 5.91 Å². The topological polar surface area (TPSA) is 58.6 Å². The summed E-state index contributed by atoms with van der Waals surface area (Å²) >= 11 is 5.78. The molecule has 0 heterocycles. The molecule has 4 nitrogen and oxygen atoms in total. The number of phenolic OH excluding ortho intramolecular Hbond substituents is 1. The van der Waals surface area contributed by atoms with Crippen molar-refractivity contribution in [1.29, 1.82) is 0 Å². The summed E-state index contributed by atoms with van der Waals surface area (Å²) in [4.78, 5) is 12.1. The van der Waals surface area contributed by atoms with Gasteiger partial charge in [-0.2, -0.15) is 0 Å². The van der Waals surface area contributed by atoms with E-state index in [4.69, 9.17) is 16.3 Å². The van der Waals surface area contributed by atoms with Crippen LogP contribution in [0.25, 0.3) is 0 Å². The SMILES string of the molecule is CCCOc1ccc(NC(=O)c2ccc(O)c(Cl)c2)cc1. The number of halogens is 1. The zero-order valence-corrected chi connectivity index (χ0v) is 12.4. The normalized spacial score (nSPS) is 10.2. The number of aromatic hydroxyl groups is 1. The summed E-state index contributed by atoms with van der Waals surface area (Å²) in [5.74, 6) is 0.423. The Morgan fingerprint density at radius 1 is 1.24 bits per heavy atom. The number of anilines is 1. The fourth-order valence-electron chi connectivity index (χ4n) is 1.71. The minimum atomic E-state index is -0.292. The van der Waals surface area contributed by atoms with Crippen LogP contribution >= 0.6 is 11.6 Å². The van der Waals surface area contributed by atoms with Crippen LogP contribution in [0.15, 0.2) is 42.5 Å². The molecular weight excluding hydrogens is 290 g/mol. The third kappa shape index (κ3) is 4.13. The van der Waals surface area contributed by atoms with Crippen molar-refractivity contribution in [1.82, 2.24) is 0 Å². The molecule has 2 N–H and O–H groups in total. The van der Waals surface area contributed by atoms with Crippen molar-refractivity contribution >= 4 is 23.2 Å². The van der Waals surface area contributed by atoms with Crippen LogP contribution in [-0.2, 0) is 0 Å². The van der Waals surface area contributed by atoms with Crippen LogP contribution < -0.4 is 10.1 Å². The molecule has 0 saturated carbocycles. The molecule has 1 amide bonds. The van der Waals surface area contributed by atoms with Crippen molar-refractivity contribution in [3.8, 4) is 11.5 Å². The molecule has 0 atom stereocenters. The predicted molar refractivity (Wildman–Crippen MR) is 83.3 cm³/mol. The van der Waals surface area contributed by atoms with E-state index in [1.54, 1.807) is 24.3 Å². The first-order valence-corrected chi connectivity index (χ1v) is 7.00. The maximum atomic E-state index is 12.1. The number of nitrogens with one attached hydrogen (secondary N) is 1. The maximum absolute atomic E-state index is 12.1. The Morgan fingerprint density at radius 2 is 1.95 bits per heavy atom. The molecule has 2 rings (SSSR count). The third-order valence-corrected chi connectivity index (χ3v) is 3.10. The van der Waals surface area contributed by atoms with Gasteiger partial charge in [0, 0.05) is 11.3 Å². The largest absolute Gasteiger partial charge is 0.506 e. The molecule has 21 heavy (non-hydrogen) atoms. The van der Waals surface area contributed by atoms with Crippen LogP contribution in [0.3, 0.4) is 0 Å². The Balaban J connectivity index is 2.03. The van der Waals surface area contributed by atoms with E-state index in [-0.39, 0.29) is 16.7 Å². The van der Waals surface area contributed by atoms with E-state index in [9.17, 15) is 9.90 Å². The van der Waals surface area contributed by atoms with Gasteiger partial charge < -0.3 is 15.2 Å². The molecule has 5 heteroatoms. The molecule has 0 aliphatic carbocycles. The van der Waals surface area contributed by atoms with Crippen molar-refractivity contribution in [3.63, 3.8) is 0 Å². The molecule has 0 bridgehead atoms. The van der Waals surface area contributed by atoms with Gasteiger partial charge in [0.2, 0.25) is 0 Å². The molecule has 2 aromatic carbocycles. The molecule has 0 aromatic heterocycles. The Kier molecular flexibility index (Phi) is 5.06. The minimum absolute atomic E-state index is 0.0503. The van der Waals surface area contributed by atoms with Gasteiger partial charge in [-0.3, -0.25) is 4.79 Å². The molecule has 0 aliphatic heterocycles. The number of hydrogen-bond acceptors (Lipinski definition) is 3. The van der Waals surface area contributed by atoms with Crippen LogP contribution in [0.1, 0.15) is 23.7 Å². The van der Waals surface area contributed by atoms with Crippen LogP contribution in [0.5, 0.6) is 11.5 Å². The Morgan fingerprint density at radius 3 is 2.57 bits per heavy atom. The summed E-state index contributed by atoms with van der Waals surface area (Å²) in [6.45, 7) is 2.70. The number of carbonyl (C=O) groups is 1. The van der Waals surface area contributed by atoms with Crippen LogP contribution in [-0.4, -0.2) is 17.6 Å². The smallest absolute Gasteiger partial charge is 0.255 e. The van der Waals surface area contributed by atoms with E-state index >= 15 is 0 Å². The first-order chi connectivity index (χ1) is 10.1. The van der Waals surface area contributed by atoms with E-state index in [1.807, 2.05) is 6.92 Å². The zero-order valence-electron chi connectivity index (χ0n) is 11.6. The van der Waals surface area contributed by atoms with Crippen LogP contribution in [0, 0.1) is 0 Å². The van der Waals surface area contributed by atoms with Gasteiger partial charge in [0.15, 0.2) is 0 Å². The summed E-state index contributed by atoms with van der Waals surface area (Å²) in [5, 5.41) is 12.2. The highest BCUT2D eigenvalue weighted by Crippen LogP contribution is 2.24. The highest BCUT2D eigenvalue weighted by atomic mass is 35.5. The van der Waals surface area contributed by atoms with Gasteiger partial charge in [-0.15, -0.1) is 0 Å². The third-order valence-electron chi connectivity index (χ3n) is 2.79. The van der Waals surface area contributed by atoms with E-state index in [0.29, 0.717) is 17.9 Å². The molecule has 110 valence electrons. The monoisotopic (exact) mass is 305 g/mol. The van der Waals surface area contributed by atoms with Crippen LogP contribution in [0.2, 0.25) is 5.02 Å². The van der Waals surface area contributed by atoms with Crippen molar-refractivity contribution in [2.24, 2.45) is 0 Å². The lowest BCUT2D eigenvalue weighted by atomic mass is 10.2. The molecule has 0 aliphatic rings. The Labute approximate surface area is 128 Å². The van der Waals surface area contributed by atoms with E-state index in [1.165, 1.54) is 18.2 Å². The van der Waals surface area contributed by atoms with Crippen molar-refractivity contribution in [3.05, 3.63) is 53.1 Å². The number of amides is 1. The number of rotatable bonds is 5. The molecule has 0 radical (unpaired) electrons. The van der Waals surface area contributed by atoms with Gasteiger partial charge >= 0.3 is 0 Å². The lowest BCUT2D eigenvalue weighted by molar-refractivity contribution is 0.102. The Hall–Kier alpha value is -2.20. The van der Waals surface area contributed by atoms with Gasteiger partial charge in [-0.05, 0) is 48.9 Å². The average Bonchev–Trinajstić information content (AvgIpc) is 2.49. The second-order valence-electron chi connectivity index (χ2n) is 4.49.